The number of nitrogens with zero attached hydrogens (tertiary/aromatic N) is 3. The van der Waals surface area contributed by atoms with Crippen LogP contribution >= 0.6 is 0 Å². The molecule has 5 nitrogen and oxygen atoms in total. The second-order valence-electron chi connectivity index (χ2n) is 6.12. The summed E-state index contributed by atoms with van der Waals surface area (Å²) in [4.78, 5) is 14.5. The topological polar surface area (TPSA) is 58.1 Å². The molecule has 1 aromatic carbocycles. The highest BCUT2D eigenvalue weighted by atomic mass is 16.2. The molecule has 0 atom stereocenters. The molecule has 1 amide bonds. The summed E-state index contributed by atoms with van der Waals surface area (Å²) in [6.45, 7) is 8.62. The van der Waals surface area contributed by atoms with E-state index in [1.54, 1.807) is 17.0 Å². The van der Waals surface area contributed by atoms with E-state index in [-0.39, 0.29) is 18.0 Å². The average molecular weight is 312 g/mol. The van der Waals surface area contributed by atoms with Crippen molar-refractivity contribution in [3.05, 3.63) is 53.7 Å². The molecule has 0 bridgehead atoms. The molecule has 0 spiro atoms. The lowest BCUT2D eigenvalue weighted by Gasteiger charge is -2.26. The number of anilines is 1. The fraction of sp³-hybridized carbons (Fsp3) is 0.389. The third kappa shape index (κ3) is 4.77. The van der Waals surface area contributed by atoms with Gasteiger partial charge in [-0.15, -0.1) is 10.2 Å². The molecule has 5 heteroatoms. The lowest BCUT2D eigenvalue weighted by molar-refractivity contribution is 0.0683. The maximum Gasteiger partial charge on any atom is 0.274 e. The van der Waals surface area contributed by atoms with E-state index in [1.807, 2.05) is 58.0 Å². The number of aromatic nitrogens is 2. The van der Waals surface area contributed by atoms with Crippen molar-refractivity contribution in [1.82, 2.24) is 15.1 Å². The lowest BCUT2D eigenvalue weighted by Crippen LogP contribution is -2.37. The number of nitrogens with one attached hydrogen (secondary N) is 1. The number of hydrogen-bond donors (Lipinski definition) is 1. The smallest absolute Gasteiger partial charge is 0.274 e. The second kappa shape index (κ2) is 7.72. The van der Waals surface area contributed by atoms with Crippen LogP contribution in [0.5, 0.6) is 0 Å². The maximum atomic E-state index is 12.7. The molecule has 2 rings (SSSR count). The van der Waals surface area contributed by atoms with Crippen LogP contribution in [0.15, 0.2) is 42.5 Å². The third-order valence-electron chi connectivity index (χ3n) is 3.40. The molecule has 0 aliphatic heterocycles. The standard InChI is InChI=1S/C18H24N4O/c1-13(2)19-17-11-10-16(20-21-17)18(23)22(14(3)4)12-15-8-6-5-7-9-15/h5-11,13-14H,12H2,1-4H3,(H,19,21). The van der Waals surface area contributed by atoms with E-state index in [0.717, 1.165) is 5.56 Å². The molecule has 0 radical (unpaired) electrons. The Balaban J connectivity index is 2.14. The Morgan fingerprint density at radius 2 is 1.74 bits per heavy atom. The van der Waals surface area contributed by atoms with Crippen molar-refractivity contribution in [2.75, 3.05) is 5.32 Å². The molecule has 122 valence electrons. The van der Waals surface area contributed by atoms with Gasteiger partial charge in [0.15, 0.2) is 5.69 Å². The van der Waals surface area contributed by atoms with E-state index < -0.39 is 0 Å². The van der Waals surface area contributed by atoms with Crippen molar-refractivity contribution < 1.29 is 4.79 Å². The number of rotatable bonds is 6. The van der Waals surface area contributed by atoms with Gasteiger partial charge in [-0.1, -0.05) is 30.3 Å². The van der Waals surface area contributed by atoms with E-state index in [1.165, 1.54) is 0 Å². The van der Waals surface area contributed by atoms with E-state index >= 15 is 0 Å². The van der Waals surface area contributed by atoms with Crippen LogP contribution in [-0.4, -0.2) is 33.1 Å². The number of benzene rings is 1. The van der Waals surface area contributed by atoms with Crippen molar-refractivity contribution in [3.63, 3.8) is 0 Å². The van der Waals surface area contributed by atoms with Crippen LogP contribution in [0.25, 0.3) is 0 Å². The first-order valence-electron chi connectivity index (χ1n) is 7.92. The van der Waals surface area contributed by atoms with Gasteiger partial charge in [-0.2, -0.15) is 0 Å². The number of amides is 1. The predicted molar refractivity (Wildman–Crippen MR) is 92.2 cm³/mol. The van der Waals surface area contributed by atoms with Gasteiger partial charge < -0.3 is 10.2 Å². The van der Waals surface area contributed by atoms with Gasteiger partial charge in [-0.3, -0.25) is 4.79 Å². The van der Waals surface area contributed by atoms with Crippen LogP contribution < -0.4 is 5.32 Å². The zero-order valence-corrected chi connectivity index (χ0v) is 14.2. The largest absolute Gasteiger partial charge is 0.366 e. The van der Waals surface area contributed by atoms with Crippen LogP contribution in [0.1, 0.15) is 43.7 Å². The molecule has 0 aliphatic carbocycles. The van der Waals surface area contributed by atoms with Crippen molar-refractivity contribution in [3.8, 4) is 0 Å². The normalized spacial score (nSPS) is 10.9. The average Bonchev–Trinajstić information content (AvgIpc) is 2.53. The molecule has 0 saturated carbocycles. The molecule has 0 fully saturated rings. The Bertz CT molecular complexity index is 623. The molecule has 2 aromatic rings. The predicted octanol–water partition coefficient (Wildman–Crippen LogP) is 3.35. The van der Waals surface area contributed by atoms with Gasteiger partial charge in [0.25, 0.3) is 5.91 Å². The number of carbonyl (C=O) groups is 1. The van der Waals surface area contributed by atoms with Gasteiger partial charge >= 0.3 is 0 Å². The van der Waals surface area contributed by atoms with Crippen molar-refractivity contribution in [2.45, 2.75) is 46.3 Å². The van der Waals surface area contributed by atoms with Crippen molar-refractivity contribution in [1.29, 1.82) is 0 Å². The summed E-state index contributed by atoms with van der Waals surface area (Å²) in [5.41, 5.74) is 1.46. The highest BCUT2D eigenvalue weighted by Crippen LogP contribution is 2.13. The Hall–Kier alpha value is -2.43. The SMILES string of the molecule is CC(C)Nc1ccc(C(=O)N(Cc2ccccc2)C(C)C)nn1. The summed E-state index contributed by atoms with van der Waals surface area (Å²) in [5, 5.41) is 11.3. The van der Waals surface area contributed by atoms with Gasteiger partial charge in [0.1, 0.15) is 5.82 Å². The van der Waals surface area contributed by atoms with E-state index in [4.69, 9.17) is 0 Å². The molecule has 0 unspecified atom stereocenters. The quantitative estimate of drug-likeness (QED) is 0.888. The van der Waals surface area contributed by atoms with Gasteiger partial charge in [0.2, 0.25) is 0 Å². The second-order valence-corrected chi connectivity index (χ2v) is 6.12. The molecular weight excluding hydrogens is 288 g/mol. The highest BCUT2D eigenvalue weighted by Gasteiger charge is 2.20. The van der Waals surface area contributed by atoms with Crippen molar-refractivity contribution in [2.24, 2.45) is 0 Å². The number of carbonyl (C=O) groups excluding carboxylic acids is 1. The van der Waals surface area contributed by atoms with Crippen LogP contribution in [0.4, 0.5) is 5.82 Å². The van der Waals surface area contributed by atoms with Gasteiger partial charge in [0, 0.05) is 18.6 Å². The van der Waals surface area contributed by atoms with E-state index in [0.29, 0.717) is 18.1 Å². The summed E-state index contributed by atoms with van der Waals surface area (Å²) in [6, 6.07) is 13.8. The molecular formula is C18H24N4O. The third-order valence-corrected chi connectivity index (χ3v) is 3.40. The van der Waals surface area contributed by atoms with E-state index in [9.17, 15) is 4.79 Å². The molecule has 0 saturated heterocycles. The summed E-state index contributed by atoms with van der Waals surface area (Å²) in [7, 11) is 0. The first-order chi connectivity index (χ1) is 11.0. The highest BCUT2D eigenvalue weighted by molar-refractivity contribution is 5.92. The van der Waals surface area contributed by atoms with Gasteiger partial charge in [-0.05, 0) is 45.4 Å². The first-order valence-corrected chi connectivity index (χ1v) is 7.92. The summed E-state index contributed by atoms with van der Waals surface area (Å²) < 4.78 is 0. The van der Waals surface area contributed by atoms with E-state index in [2.05, 4.69) is 15.5 Å². The maximum absolute atomic E-state index is 12.7. The summed E-state index contributed by atoms with van der Waals surface area (Å²) in [6.07, 6.45) is 0. The first kappa shape index (κ1) is 16.9. The fourth-order valence-electron chi connectivity index (χ4n) is 2.24. The molecule has 1 heterocycles. The van der Waals surface area contributed by atoms with Crippen LogP contribution in [-0.2, 0) is 6.54 Å². The van der Waals surface area contributed by atoms with Gasteiger partial charge in [0.05, 0.1) is 0 Å². The van der Waals surface area contributed by atoms with Crippen LogP contribution in [0.2, 0.25) is 0 Å². The molecule has 1 N–H and O–H groups in total. The zero-order valence-electron chi connectivity index (χ0n) is 14.2. The molecule has 23 heavy (non-hydrogen) atoms. The summed E-state index contributed by atoms with van der Waals surface area (Å²) >= 11 is 0. The number of hydrogen-bond acceptors (Lipinski definition) is 4. The minimum Gasteiger partial charge on any atom is -0.366 e. The Labute approximate surface area is 137 Å². The zero-order chi connectivity index (χ0) is 16.8. The lowest BCUT2D eigenvalue weighted by atomic mass is 10.1. The fourth-order valence-corrected chi connectivity index (χ4v) is 2.24. The minimum atomic E-state index is -0.104. The minimum absolute atomic E-state index is 0.0815. The molecule has 1 aromatic heterocycles. The Morgan fingerprint density at radius 3 is 2.26 bits per heavy atom. The summed E-state index contributed by atoms with van der Waals surface area (Å²) in [5.74, 6) is 0.572. The molecule has 0 aliphatic rings. The van der Waals surface area contributed by atoms with Crippen molar-refractivity contribution >= 4 is 11.7 Å². The van der Waals surface area contributed by atoms with Gasteiger partial charge in [-0.25, -0.2) is 0 Å². The van der Waals surface area contributed by atoms with Crippen LogP contribution in [0, 0.1) is 0 Å². The monoisotopic (exact) mass is 312 g/mol. The Kier molecular flexibility index (Phi) is 5.68. The van der Waals surface area contributed by atoms with Crippen LogP contribution in [0.3, 0.4) is 0 Å². The Morgan fingerprint density at radius 1 is 1.04 bits per heavy atom.